The van der Waals surface area contributed by atoms with E-state index in [-0.39, 0.29) is 6.61 Å². The van der Waals surface area contributed by atoms with Crippen LogP contribution in [0.1, 0.15) is 5.56 Å². The molecule has 102 valence electrons. The average Bonchev–Trinajstić information content (AvgIpc) is 2.99. The monoisotopic (exact) mass is 265 g/mol. The second-order valence-electron chi connectivity index (χ2n) is 4.48. The topological polar surface area (TPSA) is 80.5 Å². The maximum absolute atomic E-state index is 9.90. The number of ether oxygens (including phenoxy) is 3. The number of benzene rings is 1. The highest BCUT2D eigenvalue weighted by atomic mass is 16.6. The molecule has 0 saturated carbocycles. The van der Waals surface area contributed by atoms with Gasteiger partial charge in [0.25, 0.3) is 0 Å². The minimum Gasteiger partial charge on any atom is -0.497 e. The van der Waals surface area contributed by atoms with Crippen molar-refractivity contribution in [2.45, 2.75) is 24.5 Å². The van der Waals surface area contributed by atoms with E-state index in [0.29, 0.717) is 5.90 Å². The normalized spacial score (nSPS) is 32.7. The van der Waals surface area contributed by atoms with Gasteiger partial charge in [0, 0.05) is 5.56 Å². The summed E-state index contributed by atoms with van der Waals surface area (Å²) in [4.78, 5) is 4.28. The predicted molar refractivity (Wildman–Crippen MR) is 66.2 cm³/mol. The van der Waals surface area contributed by atoms with Gasteiger partial charge in [0.1, 0.15) is 18.0 Å². The molecule has 1 aromatic rings. The van der Waals surface area contributed by atoms with Crippen LogP contribution in [0.4, 0.5) is 0 Å². The van der Waals surface area contributed by atoms with E-state index >= 15 is 0 Å². The molecule has 0 radical (unpaired) electrons. The fraction of sp³-hybridized carbons (Fsp3) is 0.462. The Morgan fingerprint density at radius 2 is 2.05 bits per heavy atom. The van der Waals surface area contributed by atoms with Crippen molar-refractivity contribution in [2.75, 3.05) is 13.7 Å². The maximum atomic E-state index is 9.90. The van der Waals surface area contributed by atoms with Gasteiger partial charge in [0.15, 0.2) is 12.3 Å². The first kappa shape index (κ1) is 12.4. The molecule has 0 bridgehead atoms. The van der Waals surface area contributed by atoms with Crippen molar-refractivity contribution in [2.24, 2.45) is 4.99 Å². The van der Waals surface area contributed by atoms with Crippen LogP contribution in [0.5, 0.6) is 5.75 Å². The third-order valence-electron chi connectivity index (χ3n) is 3.32. The molecule has 6 nitrogen and oxygen atoms in total. The SMILES string of the molecule is COc1ccc(C2=N[C@@H]3O[C@H](CO)[C@@H](O)[C@@H]3O2)cc1. The number of nitrogens with zero attached hydrogens (tertiary/aromatic N) is 1. The van der Waals surface area contributed by atoms with Crippen LogP contribution in [0.2, 0.25) is 0 Å². The minimum absolute atomic E-state index is 0.245. The molecule has 0 aliphatic carbocycles. The van der Waals surface area contributed by atoms with Crippen LogP contribution < -0.4 is 4.74 Å². The lowest BCUT2D eigenvalue weighted by atomic mass is 10.1. The van der Waals surface area contributed by atoms with E-state index in [0.717, 1.165) is 11.3 Å². The predicted octanol–water partition coefficient (Wildman–Crippen LogP) is -0.0813. The van der Waals surface area contributed by atoms with E-state index in [1.165, 1.54) is 0 Å². The van der Waals surface area contributed by atoms with Crippen LogP contribution in [0.15, 0.2) is 29.3 Å². The van der Waals surface area contributed by atoms with Gasteiger partial charge in [0.2, 0.25) is 5.90 Å². The molecule has 6 heteroatoms. The number of hydrogen-bond acceptors (Lipinski definition) is 6. The molecule has 0 spiro atoms. The van der Waals surface area contributed by atoms with Crippen molar-refractivity contribution in [1.82, 2.24) is 0 Å². The van der Waals surface area contributed by atoms with Crippen LogP contribution in [-0.2, 0) is 9.47 Å². The van der Waals surface area contributed by atoms with Gasteiger partial charge in [-0.1, -0.05) is 0 Å². The highest BCUT2D eigenvalue weighted by Gasteiger charge is 2.49. The summed E-state index contributed by atoms with van der Waals surface area (Å²) < 4.78 is 16.1. The van der Waals surface area contributed by atoms with Gasteiger partial charge in [-0.3, -0.25) is 0 Å². The van der Waals surface area contributed by atoms with Crippen LogP contribution in [0, 0.1) is 0 Å². The Labute approximate surface area is 110 Å². The maximum Gasteiger partial charge on any atom is 0.219 e. The van der Waals surface area contributed by atoms with Crippen LogP contribution >= 0.6 is 0 Å². The van der Waals surface area contributed by atoms with Gasteiger partial charge in [-0.05, 0) is 24.3 Å². The Kier molecular flexibility index (Phi) is 3.14. The van der Waals surface area contributed by atoms with E-state index in [2.05, 4.69) is 4.99 Å². The fourth-order valence-electron chi connectivity index (χ4n) is 2.25. The zero-order chi connectivity index (χ0) is 13.4. The van der Waals surface area contributed by atoms with Gasteiger partial charge in [-0.15, -0.1) is 0 Å². The molecule has 2 aliphatic rings. The Morgan fingerprint density at radius 3 is 2.63 bits per heavy atom. The van der Waals surface area contributed by atoms with Gasteiger partial charge in [-0.2, -0.15) is 0 Å². The summed E-state index contributed by atoms with van der Waals surface area (Å²) in [5, 5.41) is 18.9. The third-order valence-corrected chi connectivity index (χ3v) is 3.32. The quantitative estimate of drug-likeness (QED) is 0.799. The lowest BCUT2D eigenvalue weighted by Crippen LogP contribution is -2.34. The van der Waals surface area contributed by atoms with E-state index in [9.17, 15) is 5.11 Å². The minimum atomic E-state index is -0.866. The van der Waals surface area contributed by atoms with Crippen molar-refractivity contribution in [3.8, 4) is 5.75 Å². The molecule has 2 heterocycles. The number of aliphatic hydroxyl groups is 2. The molecule has 2 aliphatic heterocycles. The Balaban J connectivity index is 1.78. The largest absolute Gasteiger partial charge is 0.497 e. The fourth-order valence-corrected chi connectivity index (χ4v) is 2.25. The highest BCUT2D eigenvalue weighted by molar-refractivity contribution is 5.95. The third kappa shape index (κ3) is 2.07. The van der Waals surface area contributed by atoms with E-state index in [4.69, 9.17) is 19.3 Å². The standard InChI is InChI=1S/C13H15NO5/c1-17-8-4-2-7(3-5-8)12-14-13-11(19-12)10(16)9(6-15)18-13/h2-5,9-11,13,15-16H,6H2,1H3/t9-,10-,11+,13-/m1/s1. The second kappa shape index (κ2) is 4.80. The van der Waals surface area contributed by atoms with Crippen molar-refractivity contribution in [1.29, 1.82) is 0 Å². The molecular formula is C13H15NO5. The number of fused-ring (bicyclic) bond motifs is 1. The number of methoxy groups -OCH3 is 1. The van der Waals surface area contributed by atoms with Crippen LogP contribution in [0.25, 0.3) is 0 Å². The summed E-state index contributed by atoms with van der Waals surface area (Å²) in [7, 11) is 1.60. The Bertz CT molecular complexity index is 486. The molecule has 0 amide bonds. The Hall–Kier alpha value is -1.63. The molecule has 19 heavy (non-hydrogen) atoms. The van der Waals surface area contributed by atoms with Crippen LogP contribution in [-0.4, -0.2) is 54.4 Å². The number of hydrogen-bond donors (Lipinski definition) is 2. The molecule has 3 rings (SSSR count). The molecular weight excluding hydrogens is 250 g/mol. The molecule has 1 fully saturated rings. The average molecular weight is 265 g/mol. The summed E-state index contributed by atoms with van der Waals surface area (Å²) in [5.41, 5.74) is 0.798. The van der Waals surface area contributed by atoms with Gasteiger partial charge in [0.05, 0.1) is 13.7 Å². The molecule has 0 unspecified atom stereocenters. The molecule has 1 saturated heterocycles. The first-order valence-electron chi connectivity index (χ1n) is 6.06. The van der Waals surface area contributed by atoms with Gasteiger partial charge in [-0.25, -0.2) is 4.99 Å². The molecule has 4 atom stereocenters. The van der Waals surface area contributed by atoms with Crippen molar-refractivity contribution in [3.05, 3.63) is 29.8 Å². The smallest absolute Gasteiger partial charge is 0.219 e. The lowest BCUT2D eigenvalue weighted by Gasteiger charge is -2.15. The molecule has 2 N–H and O–H groups in total. The van der Waals surface area contributed by atoms with E-state index in [1.54, 1.807) is 7.11 Å². The lowest BCUT2D eigenvalue weighted by molar-refractivity contribution is -0.0205. The Morgan fingerprint density at radius 1 is 1.32 bits per heavy atom. The summed E-state index contributed by atoms with van der Waals surface area (Å²) in [6.45, 7) is -0.245. The first-order valence-corrected chi connectivity index (χ1v) is 6.06. The van der Waals surface area contributed by atoms with Crippen LogP contribution in [0.3, 0.4) is 0 Å². The molecule has 0 aromatic heterocycles. The number of aliphatic hydroxyl groups excluding tert-OH is 2. The van der Waals surface area contributed by atoms with Gasteiger partial charge >= 0.3 is 0 Å². The molecule has 1 aromatic carbocycles. The van der Waals surface area contributed by atoms with Crippen molar-refractivity contribution < 1.29 is 24.4 Å². The zero-order valence-electron chi connectivity index (χ0n) is 10.4. The van der Waals surface area contributed by atoms with Crippen molar-refractivity contribution >= 4 is 5.90 Å². The second-order valence-corrected chi connectivity index (χ2v) is 4.48. The number of rotatable bonds is 3. The summed E-state index contributed by atoms with van der Waals surface area (Å²) in [6.07, 6.45) is -2.59. The van der Waals surface area contributed by atoms with Gasteiger partial charge < -0.3 is 24.4 Å². The number of aliphatic imine (C=N–C) groups is 1. The highest BCUT2D eigenvalue weighted by Crippen LogP contribution is 2.31. The summed E-state index contributed by atoms with van der Waals surface area (Å²) in [6, 6.07) is 7.27. The van der Waals surface area contributed by atoms with E-state index in [1.807, 2.05) is 24.3 Å². The zero-order valence-corrected chi connectivity index (χ0v) is 10.4. The first-order chi connectivity index (χ1) is 9.22. The summed E-state index contributed by atoms with van der Waals surface area (Å²) >= 11 is 0. The summed E-state index contributed by atoms with van der Waals surface area (Å²) in [5.74, 6) is 1.19. The van der Waals surface area contributed by atoms with Crippen molar-refractivity contribution in [3.63, 3.8) is 0 Å². The van der Waals surface area contributed by atoms with E-state index < -0.39 is 24.5 Å².